The fraction of sp³-hybridized carbons (Fsp3) is 0.357. The highest BCUT2D eigenvalue weighted by molar-refractivity contribution is 5.69. The summed E-state index contributed by atoms with van der Waals surface area (Å²) in [5.41, 5.74) is 11.3. The number of methoxy groups -OCH3 is 1. The van der Waals surface area contributed by atoms with Crippen LogP contribution in [0.1, 0.15) is 16.8 Å². The van der Waals surface area contributed by atoms with Crippen molar-refractivity contribution in [2.75, 3.05) is 7.11 Å². The topological polar surface area (TPSA) is 53.1 Å². The smallest absolute Gasteiger partial charge is 0.124 e. The number of aromatic nitrogens is 2. The molecule has 1 heterocycles. The average Bonchev–Trinajstić information content (AvgIpc) is 2.69. The fourth-order valence-electron chi connectivity index (χ4n) is 2.37. The van der Waals surface area contributed by atoms with Crippen LogP contribution in [-0.4, -0.2) is 16.9 Å². The van der Waals surface area contributed by atoms with E-state index in [0.717, 1.165) is 33.7 Å². The minimum Gasteiger partial charge on any atom is -0.496 e. The lowest BCUT2D eigenvalue weighted by atomic mass is 10.00. The fourth-order valence-corrected chi connectivity index (χ4v) is 2.37. The summed E-state index contributed by atoms with van der Waals surface area (Å²) in [6.07, 6.45) is 1.86. The second-order valence-electron chi connectivity index (χ2n) is 4.48. The number of ether oxygens (including phenoxy) is 1. The lowest BCUT2D eigenvalue weighted by Crippen LogP contribution is -2.05. The maximum atomic E-state index is 5.78. The van der Waals surface area contributed by atoms with Crippen molar-refractivity contribution in [1.29, 1.82) is 0 Å². The maximum Gasteiger partial charge on any atom is 0.124 e. The molecular formula is C14H19N3O. The molecule has 0 saturated heterocycles. The van der Waals surface area contributed by atoms with Crippen LogP contribution in [0.3, 0.4) is 0 Å². The van der Waals surface area contributed by atoms with E-state index in [4.69, 9.17) is 10.5 Å². The first-order chi connectivity index (χ1) is 8.58. The first kappa shape index (κ1) is 12.6. The zero-order valence-corrected chi connectivity index (χ0v) is 11.3. The van der Waals surface area contributed by atoms with Crippen molar-refractivity contribution < 1.29 is 4.74 Å². The van der Waals surface area contributed by atoms with Gasteiger partial charge in [0.15, 0.2) is 0 Å². The van der Waals surface area contributed by atoms with Gasteiger partial charge < -0.3 is 10.5 Å². The van der Waals surface area contributed by atoms with Crippen LogP contribution in [0.5, 0.6) is 5.75 Å². The molecule has 4 nitrogen and oxygen atoms in total. The number of hydrogen-bond acceptors (Lipinski definition) is 3. The normalized spacial score (nSPS) is 10.7. The average molecular weight is 245 g/mol. The van der Waals surface area contributed by atoms with E-state index in [2.05, 4.69) is 17.2 Å². The molecule has 2 N–H and O–H groups in total. The highest BCUT2D eigenvalue weighted by Crippen LogP contribution is 2.31. The van der Waals surface area contributed by atoms with E-state index >= 15 is 0 Å². The second-order valence-corrected chi connectivity index (χ2v) is 4.48. The molecule has 0 radical (unpaired) electrons. The van der Waals surface area contributed by atoms with Gasteiger partial charge in [-0.15, -0.1) is 0 Å². The predicted octanol–water partition coefficient (Wildman–Crippen LogP) is 2.17. The van der Waals surface area contributed by atoms with Gasteiger partial charge in [0.25, 0.3) is 0 Å². The van der Waals surface area contributed by atoms with Gasteiger partial charge in [-0.1, -0.05) is 0 Å². The number of rotatable bonds is 3. The molecule has 2 aromatic rings. The van der Waals surface area contributed by atoms with Crippen LogP contribution < -0.4 is 10.5 Å². The Kier molecular flexibility index (Phi) is 3.39. The van der Waals surface area contributed by atoms with E-state index in [1.807, 2.05) is 31.8 Å². The molecule has 0 spiro atoms. The van der Waals surface area contributed by atoms with Gasteiger partial charge in [-0.2, -0.15) is 5.10 Å². The Bertz CT molecular complexity index is 549. The molecule has 0 saturated carbocycles. The van der Waals surface area contributed by atoms with Gasteiger partial charge in [0.2, 0.25) is 0 Å². The van der Waals surface area contributed by atoms with Crippen molar-refractivity contribution in [2.24, 2.45) is 12.8 Å². The number of nitrogens with two attached hydrogens (primary N) is 1. The number of aryl methyl sites for hydroxylation is 3. The SMILES string of the molecule is COc1c(C)cc(-c2cnn(C)c2CN)cc1C. The van der Waals surface area contributed by atoms with Crippen LogP contribution in [0.2, 0.25) is 0 Å². The van der Waals surface area contributed by atoms with Gasteiger partial charge in [-0.3, -0.25) is 4.68 Å². The summed E-state index contributed by atoms with van der Waals surface area (Å²) >= 11 is 0. The zero-order valence-electron chi connectivity index (χ0n) is 11.3. The monoisotopic (exact) mass is 245 g/mol. The molecule has 0 fully saturated rings. The third-order valence-corrected chi connectivity index (χ3v) is 3.23. The summed E-state index contributed by atoms with van der Waals surface area (Å²) in [6, 6.07) is 4.23. The summed E-state index contributed by atoms with van der Waals surface area (Å²) in [5, 5.41) is 4.27. The van der Waals surface area contributed by atoms with E-state index in [1.54, 1.807) is 7.11 Å². The summed E-state index contributed by atoms with van der Waals surface area (Å²) in [7, 11) is 3.61. The summed E-state index contributed by atoms with van der Waals surface area (Å²) in [4.78, 5) is 0. The molecule has 96 valence electrons. The molecule has 2 rings (SSSR count). The van der Waals surface area contributed by atoms with Crippen LogP contribution in [0, 0.1) is 13.8 Å². The Morgan fingerprint density at radius 2 is 1.89 bits per heavy atom. The zero-order chi connectivity index (χ0) is 13.3. The molecule has 0 bridgehead atoms. The van der Waals surface area contributed by atoms with E-state index in [0.29, 0.717) is 6.54 Å². The molecule has 0 unspecified atom stereocenters. The highest BCUT2D eigenvalue weighted by Gasteiger charge is 2.12. The Hall–Kier alpha value is -1.81. The number of nitrogens with zero attached hydrogens (tertiary/aromatic N) is 2. The van der Waals surface area contributed by atoms with Gasteiger partial charge in [0.05, 0.1) is 19.0 Å². The Morgan fingerprint density at radius 1 is 1.28 bits per heavy atom. The third-order valence-electron chi connectivity index (χ3n) is 3.23. The minimum absolute atomic E-state index is 0.482. The van der Waals surface area contributed by atoms with Gasteiger partial charge in [0, 0.05) is 19.2 Å². The largest absolute Gasteiger partial charge is 0.496 e. The highest BCUT2D eigenvalue weighted by atomic mass is 16.5. The summed E-state index contributed by atoms with van der Waals surface area (Å²) in [5.74, 6) is 0.942. The Labute approximate surface area is 107 Å². The van der Waals surface area contributed by atoms with Gasteiger partial charge >= 0.3 is 0 Å². The van der Waals surface area contributed by atoms with Crippen LogP contribution in [0.15, 0.2) is 18.3 Å². The molecule has 1 aromatic carbocycles. The van der Waals surface area contributed by atoms with Crippen molar-refractivity contribution >= 4 is 0 Å². The standard InChI is InChI=1S/C14H19N3O/c1-9-5-11(6-10(2)14(9)18-4)12-8-16-17(3)13(12)7-15/h5-6,8H,7,15H2,1-4H3. The maximum absolute atomic E-state index is 5.78. The van der Waals surface area contributed by atoms with E-state index in [-0.39, 0.29) is 0 Å². The van der Waals surface area contributed by atoms with Crippen LogP contribution in [0.4, 0.5) is 0 Å². The van der Waals surface area contributed by atoms with Crippen molar-refractivity contribution in [2.45, 2.75) is 20.4 Å². The van der Waals surface area contributed by atoms with E-state index in [1.165, 1.54) is 0 Å². The third kappa shape index (κ3) is 1.99. The molecule has 0 aliphatic carbocycles. The van der Waals surface area contributed by atoms with Crippen molar-refractivity contribution in [3.63, 3.8) is 0 Å². The second kappa shape index (κ2) is 4.82. The van der Waals surface area contributed by atoms with Crippen LogP contribution in [-0.2, 0) is 13.6 Å². The van der Waals surface area contributed by atoms with Gasteiger partial charge in [-0.05, 0) is 42.7 Å². The van der Waals surface area contributed by atoms with Gasteiger partial charge in [0.1, 0.15) is 5.75 Å². The quantitative estimate of drug-likeness (QED) is 0.901. The predicted molar refractivity (Wildman–Crippen MR) is 72.6 cm³/mol. The van der Waals surface area contributed by atoms with Crippen molar-refractivity contribution in [1.82, 2.24) is 9.78 Å². The Morgan fingerprint density at radius 3 is 2.39 bits per heavy atom. The summed E-state index contributed by atoms with van der Waals surface area (Å²) in [6.45, 7) is 4.58. The molecule has 0 aliphatic heterocycles. The first-order valence-electron chi connectivity index (χ1n) is 5.95. The number of hydrogen-bond donors (Lipinski definition) is 1. The van der Waals surface area contributed by atoms with Crippen molar-refractivity contribution in [3.05, 3.63) is 35.2 Å². The lowest BCUT2D eigenvalue weighted by Gasteiger charge is -2.11. The molecule has 0 aliphatic rings. The van der Waals surface area contributed by atoms with Gasteiger partial charge in [-0.25, -0.2) is 0 Å². The lowest BCUT2D eigenvalue weighted by molar-refractivity contribution is 0.408. The van der Waals surface area contributed by atoms with E-state index < -0.39 is 0 Å². The van der Waals surface area contributed by atoms with Crippen LogP contribution >= 0.6 is 0 Å². The first-order valence-corrected chi connectivity index (χ1v) is 5.95. The molecule has 1 aromatic heterocycles. The molecule has 18 heavy (non-hydrogen) atoms. The molecule has 0 amide bonds. The number of benzene rings is 1. The van der Waals surface area contributed by atoms with Crippen LogP contribution in [0.25, 0.3) is 11.1 Å². The van der Waals surface area contributed by atoms with E-state index in [9.17, 15) is 0 Å². The minimum atomic E-state index is 0.482. The molecular weight excluding hydrogens is 226 g/mol. The summed E-state index contributed by atoms with van der Waals surface area (Å²) < 4.78 is 7.21. The molecule has 0 atom stereocenters. The van der Waals surface area contributed by atoms with Crippen molar-refractivity contribution in [3.8, 4) is 16.9 Å². The Balaban J connectivity index is 2.58. The molecule has 4 heteroatoms.